The van der Waals surface area contributed by atoms with Gasteiger partial charge in [0.1, 0.15) is 5.75 Å². The van der Waals surface area contributed by atoms with Gasteiger partial charge in [0.05, 0.1) is 18.8 Å². The van der Waals surface area contributed by atoms with Crippen molar-refractivity contribution in [3.8, 4) is 5.75 Å². The highest BCUT2D eigenvalue weighted by Crippen LogP contribution is 2.28. The van der Waals surface area contributed by atoms with Gasteiger partial charge >= 0.3 is 0 Å². The van der Waals surface area contributed by atoms with Crippen molar-refractivity contribution in [1.82, 2.24) is 5.32 Å². The Kier molecular flexibility index (Phi) is 5.05. The number of rotatable bonds is 7. The van der Waals surface area contributed by atoms with Crippen LogP contribution in [0.5, 0.6) is 5.75 Å². The Balaban J connectivity index is 1.95. The zero-order valence-corrected chi connectivity index (χ0v) is 11.8. The summed E-state index contributed by atoms with van der Waals surface area (Å²) in [7, 11) is 0. The highest BCUT2D eigenvalue weighted by Gasteiger charge is 2.21. The Hall–Kier alpha value is -1.26. The standard InChI is InChI=1S/C14H19ClN2O2/c1-2-7-19-13-6-3-10(15)8-12(13)17-14(18)9-16-11-4-5-11/h3,6,8,11,16H,2,4-5,7,9H2,1H3,(H,17,18). The molecule has 0 aromatic heterocycles. The monoisotopic (exact) mass is 282 g/mol. The van der Waals surface area contributed by atoms with Crippen molar-refractivity contribution in [2.24, 2.45) is 0 Å². The fourth-order valence-electron chi connectivity index (χ4n) is 1.66. The molecule has 0 bridgehead atoms. The van der Waals surface area contributed by atoms with E-state index in [1.165, 1.54) is 0 Å². The van der Waals surface area contributed by atoms with Gasteiger partial charge in [0.25, 0.3) is 0 Å². The second-order valence-electron chi connectivity index (χ2n) is 4.69. The number of carbonyl (C=O) groups excluding carboxylic acids is 1. The average Bonchev–Trinajstić information content (AvgIpc) is 3.19. The van der Waals surface area contributed by atoms with E-state index in [-0.39, 0.29) is 5.91 Å². The summed E-state index contributed by atoms with van der Waals surface area (Å²) in [5, 5.41) is 6.58. The van der Waals surface area contributed by atoms with Crippen LogP contribution < -0.4 is 15.4 Å². The van der Waals surface area contributed by atoms with Gasteiger partial charge in [-0.3, -0.25) is 4.79 Å². The molecule has 5 heteroatoms. The van der Waals surface area contributed by atoms with Gasteiger partial charge < -0.3 is 15.4 Å². The first kappa shape index (κ1) is 14.2. The maximum atomic E-state index is 11.8. The van der Waals surface area contributed by atoms with Crippen LogP contribution in [0.4, 0.5) is 5.69 Å². The molecule has 104 valence electrons. The van der Waals surface area contributed by atoms with Crippen molar-refractivity contribution in [1.29, 1.82) is 0 Å². The fourth-order valence-corrected chi connectivity index (χ4v) is 1.83. The lowest BCUT2D eigenvalue weighted by Crippen LogP contribution is -2.29. The fraction of sp³-hybridized carbons (Fsp3) is 0.500. The van der Waals surface area contributed by atoms with Crippen LogP contribution >= 0.6 is 11.6 Å². The summed E-state index contributed by atoms with van der Waals surface area (Å²) in [6, 6.07) is 5.76. The van der Waals surface area contributed by atoms with Crippen LogP contribution in [0.1, 0.15) is 26.2 Å². The Morgan fingerprint density at radius 3 is 2.95 bits per heavy atom. The SMILES string of the molecule is CCCOc1ccc(Cl)cc1NC(=O)CNC1CC1. The van der Waals surface area contributed by atoms with Crippen LogP contribution in [0.25, 0.3) is 0 Å². The summed E-state index contributed by atoms with van der Waals surface area (Å²) in [5.74, 6) is 0.585. The van der Waals surface area contributed by atoms with E-state index in [1.807, 2.05) is 6.92 Å². The van der Waals surface area contributed by atoms with Gasteiger partial charge in [0.15, 0.2) is 0 Å². The van der Waals surface area contributed by atoms with Gasteiger partial charge in [0.2, 0.25) is 5.91 Å². The second-order valence-corrected chi connectivity index (χ2v) is 5.13. The molecule has 0 atom stereocenters. The number of benzene rings is 1. The average molecular weight is 283 g/mol. The molecule has 1 aliphatic carbocycles. The Morgan fingerprint density at radius 2 is 2.26 bits per heavy atom. The molecule has 0 radical (unpaired) electrons. The van der Waals surface area contributed by atoms with E-state index in [2.05, 4.69) is 10.6 Å². The van der Waals surface area contributed by atoms with Crippen LogP contribution in [0, 0.1) is 0 Å². The summed E-state index contributed by atoms with van der Waals surface area (Å²) in [5.41, 5.74) is 0.628. The van der Waals surface area contributed by atoms with E-state index in [9.17, 15) is 4.79 Å². The molecular weight excluding hydrogens is 264 g/mol. The third kappa shape index (κ3) is 4.73. The number of anilines is 1. The molecular formula is C14H19ClN2O2. The maximum absolute atomic E-state index is 11.8. The van der Waals surface area contributed by atoms with E-state index < -0.39 is 0 Å². The Labute approximate surface area is 118 Å². The van der Waals surface area contributed by atoms with E-state index in [0.717, 1.165) is 19.3 Å². The van der Waals surface area contributed by atoms with E-state index in [1.54, 1.807) is 18.2 Å². The summed E-state index contributed by atoms with van der Waals surface area (Å²) >= 11 is 5.95. The number of nitrogens with one attached hydrogen (secondary N) is 2. The molecule has 1 amide bonds. The zero-order valence-electron chi connectivity index (χ0n) is 11.0. The molecule has 0 spiro atoms. The molecule has 1 aromatic carbocycles. The summed E-state index contributed by atoms with van der Waals surface area (Å²) in [6.45, 7) is 2.98. The van der Waals surface area contributed by atoms with Crippen LogP contribution in [0.3, 0.4) is 0 Å². The van der Waals surface area contributed by atoms with Crippen LogP contribution in [0.2, 0.25) is 5.02 Å². The van der Waals surface area contributed by atoms with Gasteiger partial charge in [-0.05, 0) is 37.5 Å². The third-order valence-corrected chi connectivity index (χ3v) is 3.04. The summed E-state index contributed by atoms with van der Waals surface area (Å²) in [4.78, 5) is 11.8. The highest BCUT2D eigenvalue weighted by molar-refractivity contribution is 6.31. The predicted molar refractivity (Wildman–Crippen MR) is 76.9 cm³/mol. The molecule has 1 fully saturated rings. The Morgan fingerprint density at radius 1 is 1.47 bits per heavy atom. The van der Waals surface area contributed by atoms with Crippen LogP contribution in [-0.4, -0.2) is 25.1 Å². The molecule has 19 heavy (non-hydrogen) atoms. The second kappa shape index (κ2) is 6.78. The van der Waals surface area contributed by atoms with Gasteiger partial charge in [0, 0.05) is 11.1 Å². The van der Waals surface area contributed by atoms with E-state index in [0.29, 0.717) is 35.7 Å². The van der Waals surface area contributed by atoms with Crippen molar-refractivity contribution in [3.05, 3.63) is 23.2 Å². The van der Waals surface area contributed by atoms with Crippen LogP contribution in [-0.2, 0) is 4.79 Å². The van der Waals surface area contributed by atoms with Gasteiger partial charge in [-0.15, -0.1) is 0 Å². The smallest absolute Gasteiger partial charge is 0.238 e. The minimum Gasteiger partial charge on any atom is -0.491 e. The number of hydrogen-bond donors (Lipinski definition) is 2. The lowest BCUT2D eigenvalue weighted by atomic mass is 10.3. The number of ether oxygens (including phenoxy) is 1. The first-order chi connectivity index (χ1) is 9.19. The maximum Gasteiger partial charge on any atom is 0.238 e. The summed E-state index contributed by atoms with van der Waals surface area (Å²) in [6.07, 6.45) is 3.24. The lowest BCUT2D eigenvalue weighted by molar-refractivity contribution is -0.115. The van der Waals surface area contributed by atoms with Crippen molar-refractivity contribution >= 4 is 23.2 Å². The normalized spacial score (nSPS) is 14.2. The van der Waals surface area contributed by atoms with E-state index >= 15 is 0 Å². The molecule has 0 saturated heterocycles. The molecule has 0 unspecified atom stereocenters. The van der Waals surface area contributed by atoms with Gasteiger partial charge in [-0.2, -0.15) is 0 Å². The molecule has 2 N–H and O–H groups in total. The minimum atomic E-state index is -0.0736. The van der Waals surface area contributed by atoms with Crippen molar-refractivity contribution < 1.29 is 9.53 Å². The first-order valence-corrected chi connectivity index (χ1v) is 7.02. The molecule has 0 heterocycles. The number of hydrogen-bond acceptors (Lipinski definition) is 3. The van der Waals surface area contributed by atoms with E-state index in [4.69, 9.17) is 16.3 Å². The number of amides is 1. The Bertz CT molecular complexity index is 447. The molecule has 4 nitrogen and oxygen atoms in total. The molecule has 1 aliphatic rings. The van der Waals surface area contributed by atoms with Crippen molar-refractivity contribution in [2.75, 3.05) is 18.5 Å². The third-order valence-electron chi connectivity index (χ3n) is 2.81. The zero-order chi connectivity index (χ0) is 13.7. The molecule has 1 aromatic rings. The van der Waals surface area contributed by atoms with Crippen LogP contribution in [0.15, 0.2) is 18.2 Å². The summed E-state index contributed by atoms with van der Waals surface area (Å²) < 4.78 is 5.59. The minimum absolute atomic E-state index is 0.0736. The molecule has 2 rings (SSSR count). The topological polar surface area (TPSA) is 50.4 Å². The number of halogens is 1. The number of carbonyl (C=O) groups is 1. The van der Waals surface area contributed by atoms with Gasteiger partial charge in [-0.25, -0.2) is 0 Å². The van der Waals surface area contributed by atoms with Gasteiger partial charge in [-0.1, -0.05) is 18.5 Å². The first-order valence-electron chi connectivity index (χ1n) is 6.64. The lowest BCUT2D eigenvalue weighted by Gasteiger charge is -2.12. The molecule has 1 saturated carbocycles. The molecule has 0 aliphatic heterocycles. The quantitative estimate of drug-likeness (QED) is 0.808. The highest BCUT2D eigenvalue weighted by atomic mass is 35.5. The largest absolute Gasteiger partial charge is 0.491 e. The van der Waals surface area contributed by atoms with Crippen molar-refractivity contribution in [3.63, 3.8) is 0 Å². The predicted octanol–water partition coefficient (Wildman–Crippen LogP) is 2.82. The van der Waals surface area contributed by atoms with Crippen molar-refractivity contribution in [2.45, 2.75) is 32.2 Å².